The van der Waals surface area contributed by atoms with Crippen molar-refractivity contribution in [1.82, 2.24) is 13.9 Å². The highest BCUT2D eigenvalue weighted by Crippen LogP contribution is 2.62. The predicted octanol–water partition coefficient (Wildman–Crippen LogP) is 2.06. The summed E-state index contributed by atoms with van der Waals surface area (Å²) < 4.78 is 18.2. The van der Waals surface area contributed by atoms with Crippen molar-refractivity contribution in [1.29, 1.82) is 0 Å². The average Bonchev–Trinajstić information content (AvgIpc) is 3.21. The molecular formula is C26H23FN4O5. The summed E-state index contributed by atoms with van der Waals surface area (Å²) >= 11 is 0. The van der Waals surface area contributed by atoms with Crippen molar-refractivity contribution >= 4 is 17.5 Å². The van der Waals surface area contributed by atoms with Gasteiger partial charge < -0.3 is 5.11 Å². The molecular weight excluding hydrogens is 467 g/mol. The molecule has 184 valence electrons. The Hall–Kier alpha value is -4.21. The Morgan fingerprint density at radius 1 is 1.00 bits per heavy atom. The van der Waals surface area contributed by atoms with Crippen LogP contribution in [0.25, 0.3) is 0 Å². The molecule has 1 aromatic heterocycles. The molecule has 2 fully saturated rings. The van der Waals surface area contributed by atoms with Gasteiger partial charge in [-0.25, -0.2) is 32.8 Å². The number of para-hydroxylation sites is 2. The van der Waals surface area contributed by atoms with E-state index in [2.05, 4.69) is 0 Å². The highest BCUT2D eigenvalue weighted by molar-refractivity contribution is 6.24. The van der Waals surface area contributed by atoms with E-state index in [4.69, 9.17) is 0 Å². The average molecular weight is 490 g/mol. The van der Waals surface area contributed by atoms with E-state index in [1.54, 1.807) is 43.3 Å². The molecule has 36 heavy (non-hydrogen) atoms. The van der Waals surface area contributed by atoms with Crippen LogP contribution in [0.1, 0.15) is 30.9 Å². The van der Waals surface area contributed by atoms with Crippen LogP contribution in [0, 0.1) is 17.2 Å². The molecule has 3 aliphatic rings. The third-order valence-electron chi connectivity index (χ3n) is 8.07. The first-order valence-corrected chi connectivity index (χ1v) is 11.7. The van der Waals surface area contributed by atoms with E-state index in [0.717, 1.165) is 15.5 Å². The number of allylic oxidation sites excluding steroid dienone is 2. The van der Waals surface area contributed by atoms with Gasteiger partial charge in [0.2, 0.25) is 11.8 Å². The molecule has 3 heterocycles. The molecule has 1 saturated heterocycles. The molecule has 10 heteroatoms. The zero-order valence-electron chi connectivity index (χ0n) is 19.6. The van der Waals surface area contributed by atoms with Gasteiger partial charge in [-0.3, -0.25) is 9.59 Å². The minimum atomic E-state index is -1.36. The number of imide groups is 1. The van der Waals surface area contributed by atoms with E-state index in [1.807, 2.05) is 0 Å². The first-order chi connectivity index (χ1) is 17.2. The van der Waals surface area contributed by atoms with Crippen LogP contribution in [0.2, 0.25) is 0 Å². The second-order valence-electron chi connectivity index (χ2n) is 9.77. The fourth-order valence-electron chi connectivity index (χ4n) is 6.32. The summed E-state index contributed by atoms with van der Waals surface area (Å²) in [6, 6.07) is 11.9. The minimum absolute atomic E-state index is 0.0681. The van der Waals surface area contributed by atoms with E-state index >= 15 is 0 Å². The van der Waals surface area contributed by atoms with Gasteiger partial charge in [-0.15, -0.1) is 0 Å². The number of carbonyl (C=O) groups is 2. The lowest BCUT2D eigenvalue weighted by Crippen LogP contribution is -2.49. The number of phenolic OH excluding ortho intramolecular Hbond substituents is 1. The molecule has 0 spiro atoms. The van der Waals surface area contributed by atoms with Crippen molar-refractivity contribution in [3.05, 3.63) is 92.5 Å². The Morgan fingerprint density at radius 3 is 2.44 bits per heavy atom. The van der Waals surface area contributed by atoms with Crippen molar-refractivity contribution in [3.8, 4) is 5.75 Å². The SMILES string of the molecule is Cn1c(=O)n2n(c1=O)[C@@H]1C[C@H]3C(=O)N(c4ccccc4)C(=O)[C@@]3(C)[C@@H](c3cccc(F)c3O)C1=CC2. The molecule has 2 amide bonds. The number of carbonyl (C=O) groups excluding carboxylic acids is 2. The zero-order chi connectivity index (χ0) is 25.5. The second-order valence-corrected chi connectivity index (χ2v) is 9.77. The van der Waals surface area contributed by atoms with Crippen molar-refractivity contribution in [2.24, 2.45) is 18.4 Å². The molecule has 0 unspecified atom stereocenters. The highest BCUT2D eigenvalue weighted by atomic mass is 19.1. The van der Waals surface area contributed by atoms with Crippen LogP contribution in [-0.2, 0) is 23.2 Å². The number of amides is 2. The predicted molar refractivity (Wildman–Crippen MR) is 127 cm³/mol. The van der Waals surface area contributed by atoms with Gasteiger partial charge in [-0.2, -0.15) is 0 Å². The van der Waals surface area contributed by atoms with Crippen LogP contribution in [-0.4, -0.2) is 30.9 Å². The summed E-state index contributed by atoms with van der Waals surface area (Å²) in [5.74, 6) is -4.13. The number of aromatic nitrogens is 3. The molecule has 4 atom stereocenters. The molecule has 0 bridgehead atoms. The van der Waals surface area contributed by atoms with Crippen LogP contribution < -0.4 is 16.3 Å². The highest BCUT2D eigenvalue weighted by Gasteiger charge is 2.65. The van der Waals surface area contributed by atoms with Crippen LogP contribution in [0.4, 0.5) is 10.1 Å². The molecule has 3 aromatic rings. The molecule has 1 saturated carbocycles. The van der Waals surface area contributed by atoms with Crippen LogP contribution in [0.5, 0.6) is 5.75 Å². The maximum Gasteiger partial charge on any atom is 0.347 e. The summed E-state index contributed by atoms with van der Waals surface area (Å²) in [6.07, 6.45) is 1.86. The normalized spacial score (nSPS) is 26.9. The maximum absolute atomic E-state index is 14.6. The first-order valence-electron chi connectivity index (χ1n) is 11.7. The van der Waals surface area contributed by atoms with Gasteiger partial charge in [0.1, 0.15) is 0 Å². The van der Waals surface area contributed by atoms with Gasteiger partial charge in [-0.1, -0.05) is 36.4 Å². The Bertz CT molecular complexity index is 1600. The monoisotopic (exact) mass is 490 g/mol. The molecule has 1 N–H and O–H groups in total. The van der Waals surface area contributed by atoms with Crippen LogP contribution in [0.15, 0.2) is 69.8 Å². The van der Waals surface area contributed by atoms with E-state index < -0.39 is 58.1 Å². The smallest absolute Gasteiger partial charge is 0.347 e. The molecule has 6 rings (SSSR count). The molecule has 9 nitrogen and oxygen atoms in total. The summed E-state index contributed by atoms with van der Waals surface area (Å²) in [6.45, 7) is 1.74. The van der Waals surface area contributed by atoms with Crippen molar-refractivity contribution in [2.75, 3.05) is 4.90 Å². The quantitative estimate of drug-likeness (QED) is 0.437. The zero-order valence-corrected chi connectivity index (χ0v) is 19.6. The summed E-state index contributed by atoms with van der Waals surface area (Å²) in [5, 5.41) is 10.8. The third-order valence-corrected chi connectivity index (χ3v) is 8.07. The number of halogens is 1. The van der Waals surface area contributed by atoms with Gasteiger partial charge in [-0.05, 0) is 37.1 Å². The topological polar surface area (TPSA) is 107 Å². The third kappa shape index (κ3) is 2.64. The van der Waals surface area contributed by atoms with Crippen molar-refractivity contribution < 1.29 is 19.1 Å². The number of phenols is 1. The molecule has 2 aromatic carbocycles. The van der Waals surface area contributed by atoms with Crippen molar-refractivity contribution in [2.45, 2.75) is 31.8 Å². The number of aromatic hydroxyl groups is 1. The number of anilines is 1. The van der Waals surface area contributed by atoms with Gasteiger partial charge in [0, 0.05) is 18.5 Å². The molecule has 0 radical (unpaired) electrons. The number of hydrogen-bond donors (Lipinski definition) is 1. The lowest BCUT2D eigenvalue weighted by atomic mass is 9.56. The van der Waals surface area contributed by atoms with Crippen LogP contribution in [0.3, 0.4) is 0 Å². The standard InChI is InChI=1S/C26H23FN4O5/c1-26-17(22(33)30(23(26)34)14-7-4-3-5-8-14)13-19-15(20(26)16-9-6-10-18(27)21(16)32)11-12-29-24(35)28(2)25(36)31(19)29/h3-11,17,19-20,32H,12-13H2,1-2H3/t17-,19+,20+,26+/m0/s1. The van der Waals surface area contributed by atoms with Gasteiger partial charge in [0.25, 0.3) is 0 Å². The fourth-order valence-corrected chi connectivity index (χ4v) is 6.32. The number of nitrogens with zero attached hydrogens (tertiary/aromatic N) is 4. The lowest BCUT2D eigenvalue weighted by Gasteiger charge is -2.47. The summed E-state index contributed by atoms with van der Waals surface area (Å²) in [5.41, 5.74) is -1.23. The van der Waals surface area contributed by atoms with Crippen molar-refractivity contribution in [3.63, 3.8) is 0 Å². The Morgan fingerprint density at radius 2 is 1.72 bits per heavy atom. The number of hydrogen-bond acceptors (Lipinski definition) is 5. The first kappa shape index (κ1) is 22.3. The molecule has 2 aliphatic heterocycles. The van der Waals surface area contributed by atoms with Gasteiger partial charge >= 0.3 is 11.4 Å². The Kier molecular flexibility index (Phi) is 4.57. The molecule has 1 aliphatic carbocycles. The Balaban J connectivity index is 1.62. The summed E-state index contributed by atoms with van der Waals surface area (Å²) in [4.78, 5) is 54.8. The number of rotatable bonds is 2. The van der Waals surface area contributed by atoms with Crippen LogP contribution >= 0.6 is 0 Å². The maximum atomic E-state index is 14.6. The van der Waals surface area contributed by atoms with E-state index in [1.165, 1.54) is 28.5 Å². The Labute approximate surface area is 204 Å². The largest absolute Gasteiger partial charge is 0.505 e. The van der Waals surface area contributed by atoms with Gasteiger partial charge in [0.15, 0.2) is 11.6 Å². The second kappa shape index (κ2) is 7.39. The fraction of sp³-hybridized carbons (Fsp3) is 0.308. The van der Waals surface area contributed by atoms with E-state index in [-0.39, 0.29) is 18.5 Å². The number of benzene rings is 2. The number of fused-ring (bicyclic) bond motifs is 4. The summed E-state index contributed by atoms with van der Waals surface area (Å²) in [7, 11) is 1.38. The minimum Gasteiger partial charge on any atom is -0.505 e. The van der Waals surface area contributed by atoms with Gasteiger partial charge in [0.05, 0.1) is 29.6 Å². The lowest BCUT2D eigenvalue weighted by molar-refractivity contribution is -0.129. The van der Waals surface area contributed by atoms with E-state index in [9.17, 15) is 28.7 Å². The van der Waals surface area contributed by atoms with E-state index in [0.29, 0.717) is 11.3 Å².